The molecule has 26 heavy (non-hydrogen) atoms. The van der Waals surface area contributed by atoms with Gasteiger partial charge in [-0.2, -0.15) is 0 Å². The molecule has 3 aromatic rings. The lowest BCUT2D eigenvalue weighted by atomic mass is 10.1. The molecule has 0 saturated heterocycles. The fourth-order valence-electron chi connectivity index (χ4n) is 2.32. The molecule has 0 aliphatic heterocycles. The van der Waals surface area contributed by atoms with E-state index in [0.717, 1.165) is 5.56 Å². The molecule has 0 unspecified atom stereocenters. The largest absolute Gasteiger partial charge is 0.481 e. The third-order valence-electron chi connectivity index (χ3n) is 3.51. The van der Waals surface area contributed by atoms with E-state index in [2.05, 4.69) is 10.3 Å². The summed E-state index contributed by atoms with van der Waals surface area (Å²) >= 11 is 7.14. The Hall–Kier alpha value is -2.90. The molecule has 132 valence electrons. The van der Waals surface area contributed by atoms with Crippen molar-refractivity contribution in [2.24, 2.45) is 0 Å². The van der Waals surface area contributed by atoms with Gasteiger partial charge in [-0.1, -0.05) is 23.7 Å². The first kappa shape index (κ1) is 17.9. The molecule has 6 nitrogen and oxygen atoms in total. The zero-order valence-corrected chi connectivity index (χ0v) is 14.8. The molecule has 2 aromatic carbocycles. The molecule has 0 fully saturated rings. The molecule has 0 aliphatic rings. The highest BCUT2D eigenvalue weighted by Crippen LogP contribution is 2.33. The molecule has 1 aromatic heterocycles. The number of carbonyl (C=O) groups is 2. The minimum Gasteiger partial charge on any atom is -0.481 e. The predicted molar refractivity (Wildman–Crippen MR) is 101 cm³/mol. The second-order valence-corrected chi connectivity index (χ2v) is 6.90. The van der Waals surface area contributed by atoms with Crippen molar-refractivity contribution in [3.05, 3.63) is 64.0 Å². The number of hydrogen-bond acceptors (Lipinski definition) is 5. The minimum absolute atomic E-state index is 0.144. The Morgan fingerprint density at radius 3 is 2.27 bits per heavy atom. The Morgan fingerprint density at radius 2 is 1.69 bits per heavy atom. The van der Waals surface area contributed by atoms with Crippen LogP contribution in [0.3, 0.4) is 0 Å². The predicted octanol–water partition coefficient (Wildman–Crippen LogP) is 4.53. The van der Waals surface area contributed by atoms with Crippen LogP contribution in [0.1, 0.15) is 15.2 Å². The van der Waals surface area contributed by atoms with Crippen LogP contribution in [0.4, 0.5) is 10.8 Å². The lowest BCUT2D eigenvalue weighted by Gasteiger charge is -2.02. The topological polar surface area (TPSA) is 99.5 Å². The molecule has 0 atom stereocenters. The average molecular weight is 389 g/mol. The number of nitrogens with one attached hydrogen (secondary N) is 1. The number of anilines is 2. The van der Waals surface area contributed by atoms with Crippen molar-refractivity contribution in [3.8, 4) is 11.3 Å². The van der Waals surface area contributed by atoms with Gasteiger partial charge in [0.2, 0.25) is 0 Å². The first-order chi connectivity index (χ1) is 12.4. The van der Waals surface area contributed by atoms with E-state index < -0.39 is 11.9 Å². The van der Waals surface area contributed by atoms with Crippen molar-refractivity contribution in [1.82, 2.24) is 4.98 Å². The van der Waals surface area contributed by atoms with Crippen LogP contribution in [-0.2, 0) is 11.2 Å². The Balaban J connectivity index is 1.91. The Kier molecular flexibility index (Phi) is 5.20. The van der Waals surface area contributed by atoms with Crippen LogP contribution < -0.4 is 5.32 Å². The molecule has 0 aliphatic carbocycles. The first-order valence-corrected chi connectivity index (χ1v) is 8.69. The van der Waals surface area contributed by atoms with Gasteiger partial charge < -0.3 is 15.5 Å². The number of aliphatic carboxylic acids is 1. The van der Waals surface area contributed by atoms with Crippen LogP contribution in [0, 0.1) is 0 Å². The van der Waals surface area contributed by atoms with Crippen molar-refractivity contribution in [3.63, 3.8) is 0 Å². The Bertz CT molecular complexity index is 952. The van der Waals surface area contributed by atoms with Crippen LogP contribution in [0.5, 0.6) is 0 Å². The van der Waals surface area contributed by atoms with Gasteiger partial charge in [-0.05, 0) is 36.4 Å². The third-order valence-corrected chi connectivity index (χ3v) is 4.73. The maximum atomic E-state index is 11.2. The molecule has 1 heterocycles. The molecule has 0 bridgehead atoms. The Labute approximate surface area is 157 Å². The Morgan fingerprint density at radius 1 is 1.04 bits per heavy atom. The standard InChI is InChI=1S/C18H13ClN2O4S/c19-12-5-1-10(2-6-12)16-14(9-15(22)23)26-18(21-16)20-13-7-3-11(4-8-13)17(24)25/h1-8H,9H2,(H,20,21)(H,22,23)(H,24,25). The summed E-state index contributed by atoms with van der Waals surface area (Å²) in [5, 5.41) is 22.3. The van der Waals surface area contributed by atoms with Gasteiger partial charge in [-0.25, -0.2) is 9.78 Å². The van der Waals surface area contributed by atoms with Crippen molar-refractivity contribution < 1.29 is 19.8 Å². The number of benzene rings is 2. The summed E-state index contributed by atoms with van der Waals surface area (Å²) in [4.78, 5) is 27.2. The molecular formula is C18H13ClN2O4S. The summed E-state index contributed by atoms with van der Waals surface area (Å²) in [5.41, 5.74) is 2.20. The molecule has 8 heteroatoms. The molecule has 3 N–H and O–H groups in total. The normalized spacial score (nSPS) is 10.5. The molecular weight excluding hydrogens is 376 g/mol. The van der Waals surface area contributed by atoms with Gasteiger partial charge in [0.1, 0.15) is 0 Å². The number of rotatable bonds is 6. The molecule has 0 spiro atoms. The van der Waals surface area contributed by atoms with Crippen LogP contribution >= 0.6 is 22.9 Å². The van der Waals surface area contributed by atoms with Gasteiger partial charge >= 0.3 is 11.9 Å². The smallest absolute Gasteiger partial charge is 0.335 e. The highest BCUT2D eigenvalue weighted by Gasteiger charge is 2.16. The van der Waals surface area contributed by atoms with Crippen molar-refractivity contribution in [2.45, 2.75) is 6.42 Å². The van der Waals surface area contributed by atoms with Crippen LogP contribution in [0.25, 0.3) is 11.3 Å². The highest BCUT2D eigenvalue weighted by molar-refractivity contribution is 7.16. The van der Waals surface area contributed by atoms with E-state index in [0.29, 0.717) is 26.4 Å². The van der Waals surface area contributed by atoms with E-state index in [1.165, 1.54) is 23.5 Å². The fraction of sp³-hybridized carbons (Fsp3) is 0.0556. The van der Waals surface area contributed by atoms with Crippen LogP contribution in [-0.4, -0.2) is 27.1 Å². The number of thiazole rings is 1. The lowest BCUT2D eigenvalue weighted by Crippen LogP contribution is -1.99. The molecule has 3 rings (SSSR count). The van der Waals surface area contributed by atoms with Gasteiger partial charge in [0.05, 0.1) is 17.7 Å². The van der Waals surface area contributed by atoms with E-state index in [1.54, 1.807) is 36.4 Å². The summed E-state index contributed by atoms with van der Waals surface area (Å²) in [6.07, 6.45) is -0.144. The number of nitrogens with zero attached hydrogens (tertiary/aromatic N) is 1. The van der Waals surface area contributed by atoms with Gasteiger partial charge in [-0.15, -0.1) is 11.3 Å². The summed E-state index contributed by atoms with van der Waals surface area (Å²) < 4.78 is 0. The minimum atomic E-state index is -1.00. The van der Waals surface area contributed by atoms with E-state index in [-0.39, 0.29) is 12.0 Å². The average Bonchev–Trinajstić information content (AvgIpc) is 2.97. The second-order valence-electron chi connectivity index (χ2n) is 5.38. The van der Waals surface area contributed by atoms with E-state index in [1.807, 2.05) is 0 Å². The van der Waals surface area contributed by atoms with Gasteiger partial charge in [-0.3, -0.25) is 4.79 Å². The summed E-state index contributed by atoms with van der Waals surface area (Å²) in [6, 6.07) is 13.2. The van der Waals surface area contributed by atoms with Gasteiger partial charge in [0.25, 0.3) is 0 Å². The summed E-state index contributed by atoms with van der Waals surface area (Å²) in [6.45, 7) is 0. The zero-order chi connectivity index (χ0) is 18.7. The SMILES string of the molecule is O=C(O)Cc1sc(Nc2ccc(C(=O)O)cc2)nc1-c1ccc(Cl)cc1. The number of carboxylic acid groups (broad SMARTS) is 2. The molecule has 0 amide bonds. The molecule has 0 radical (unpaired) electrons. The number of hydrogen-bond donors (Lipinski definition) is 3. The van der Waals surface area contributed by atoms with Crippen LogP contribution in [0.2, 0.25) is 5.02 Å². The van der Waals surface area contributed by atoms with E-state index in [9.17, 15) is 9.59 Å². The number of aromatic nitrogens is 1. The number of halogens is 1. The maximum absolute atomic E-state index is 11.2. The fourth-order valence-corrected chi connectivity index (χ4v) is 3.44. The maximum Gasteiger partial charge on any atom is 0.335 e. The number of carboxylic acids is 2. The first-order valence-electron chi connectivity index (χ1n) is 7.50. The van der Waals surface area contributed by atoms with Crippen molar-refractivity contribution >= 4 is 45.7 Å². The zero-order valence-electron chi connectivity index (χ0n) is 13.3. The van der Waals surface area contributed by atoms with Crippen LogP contribution in [0.15, 0.2) is 48.5 Å². The van der Waals surface area contributed by atoms with E-state index in [4.69, 9.17) is 21.8 Å². The van der Waals surface area contributed by atoms with Crippen molar-refractivity contribution in [1.29, 1.82) is 0 Å². The quantitative estimate of drug-likeness (QED) is 0.573. The van der Waals surface area contributed by atoms with E-state index >= 15 is 0 Å². The van der Waals surface area contributed by atoms with Crippen molar-refractivity contribution in [2.75, 3.05) is 5.32 Å². The highest BCUT2D eigenvalue weighted by atomic mass is 35.5. The summed E-state index contributed by atoms with van der Waals surface area (Å²) in [5.74, 6) is -1.94. The number of aromatic carboxylic acids is 1. The molecule has 0 saturated carbocycles. The lowest BCUT2D eigenvalue weighted by molar-refractivity contribution is -0.136. The monoisotopic (exact) mass is 388 g/mol. The summed E-state index contributed by atoms with van der Waals surface area (Å²) in [7, 11) is 0. The second kappa shape index (κ2) is 7.55. The van der Waals surface area contributed by atoms with Gasteiger partial charge in [0, 0.05) is 21.2 Å². The van der Waals surface area contributed by atoms with Gasteiger partial charge in [0.15, 0.2) is 5.13 Å². The third kappa shape index (κ3) is 4.19.